The van der Waals surface area contributed by atoms with Gasteiger partial charge in [0.25, 0.3) is 5.56 Å². The van der Waals surface area contributed by atoms with E-state index in [1.165, 1.54) is 6.33 Å². The summed E-state index contributed by atoms with van der Waals surface area (Å²) in [5.74, 6) is 0.624. The molecule has 0 radical (unpaired) electrons. The van der Waals surface area contributed by atoms with Gasteiger partial charge in [-0.2, -0.15) is 0 Å². The second kappa shape index (κ2) is 3.81. The van der Waals surface area contributed by atoms with Gasteiger partial charge in [-0.3, -0.25) is 4.79 Å². The Morgan fingerprint density at radius 2 is 2.06 bits per heavy atom. The molecule has 1 aliphatic rings. The van der Waals surface area contributed by atoms with E-state index in [0.29, 0.717) is 11.2 Å². The van der Waals surface area contributed by atoms with Gasteiger partial charge in [0.05, 0.1) is 6.33 Å². The lowest BCUT2D eigenvalue weighted by Gasteiger charge is -2.37. The van der Waals surface area contributed by atoms with Gasteiger partial charge in [-0.1, -0.05) is 13.8 Å². The van der Waals surface area contributed by atoms with Crippen LogP contribution >= 0.6 is 0 Å². The first-order chi connectivity index (χ1) is 7.49. The Morgan fingerprint density at radius 1 is 1.44 bits per heavy atom. The van der Waals surface area contributed by atoms with Crippen molar-refractivity contribution < 1.29 is 0 Å². The van der Waals surface area contributed by atoms with Crippen LogP contribution in [0, 0.1) is 5.41 Å². The van der Waals surface area contributed by atoms with Crippen LogP contribution < -0.4 is 16.2 Å². The third-order valence-electron chi connectivity index (χ3n) is 3.28. The lowest BCUT2D eigenvalue weighted by Crippen LogP contribution is -2.39. The van der Waals surface area contributed by atoms with E-state index < -0.39 is 0 Å². The van der Waals surface area contributed by atoms with Crippen LogP contribution in [-0.2, 0) is 0 Å². The van der Waals surface area contributed by atoms with Crippen molar-refractivity contribution in [2.75, 3.05) is 23.7 Å². The van der Waals surface area contributed by atoms with E-state index in [2.05, 4.69) is 28.7 Å². The highest BCUT2D eigenvalue weighted by Gasteiger charge is 2.27. The Hall–Kier alpha value is -1.52. The second-order valence-corrected chi connectivity index (χ2v) is 5.12. The maximum absolute atomic E-state index is 11.4. The van der Waals surface area contributed by atoms with Crippen molar-refractivity contribution in [1.29, 1.82) is 0 Å². The van der Waals surface area contributed by atoms with Crippen molar-refractivity contribution in [1.82, 2.24) is 9.97 Å². The first-order valence-electron chi connectivity index (χ1n) is 5.58. The van der Waals surface area contributed by atoms with Gasteiger partial charge in [0.1, 0.15) is 5.69 Å². The van der Waals surface area contributed by atoms with Gasteiger partial charge in [-0.15, -0.1) is 0 Å². The molecule has 2 rings (SSSR count). The number of rotatable bonds is 1. The number of nitrogen functional groups attached to an aromatic ring is 1. The molecular weight excluding hydrogens is 204 g/mol. The summed E-state index contributed by atoms with van der Waals surface area (Å²) >= 11 is 0. The number of nitrogens with zero attached hydrogens (tertiary/aromatic N) is 2. The van der Waals surface area contributed by atoms with E-state index in [-0.39, 0.29) is 11.2 Å². The number of hydrogen-bond donors (Lipinski definition) is 2. The van der Waals surface area contributed by atoms with Gasteiger partial charge in [-0.25, -0.2) is 4.98 Å². The van der Waals surface area contributed by atoms with Gasteiger partial charge >= 0.3 is 0 Å². The maximum atomic E-state index is 11.4. The zero-order chi connectivity index (χ0) is 11.8. The van der Waals surface area contributed by atoms with Crippen LogP contribution in [0.4, 0.5) is 11.5 Å². The molecule has 3 N–H and O–H groups in total. The van der Waals surface area contributed by atoms with Gasteiger partial charge in [0.2, 0.25) is 0 Å². The molecule has 1 saturated heterocycles. The molecule has 1 aromatic heterocycles. The van der Waals surface area contributed by atoms with Gasteiger partial charge < -0.3 is 15.6 Å². The van der Waals surface area contributed by atoms with Crippen LogP contribution in [0.25, 0.3) is 0 Å². The first kappa shape index (κ1) is 11.0. The predicted molar refractivity (Wildman–Crippen MR) is 64.5 cm³/mol. The van der Waals surface area contributed by atoms with E-state index in [0.717, 1.165) is 25.9 Å². The molecule has 0 aliphatic carbocycles. The molecule has 0 aromatic carbocycles. The number of aromatic amines is 1. The molecule has 1 aliphatic heterocycles. The van der Waals surface area contributed by atoms with Crippen LogP contribution in [0.1, 0.15) is 26.7 Å². The molecule has 5 nitrogen and oxygen atoms in total. The van der Waals surface area contributed by atoms with E-state index in [9.17, 15) is 4.79 Å². The minimum Gasteiger partial charge on any atom is -0.391 e. The molecule has 0 amide bonds. The molecule has 0 unspecified atom stereocenters. The number of hydrogen-bond acceptors (Lipinski definition) is 4. The maximum Gasteiger partial charge on any atom is 0.276 e. The molecule has 2 heterocycles. The Labute approximate surface area is 94.7 Å². The van der Waals surface area contributed by atoms with Crippen LogP contribution in [-0.4, -0.2) is 23.1 Å². The van der Waals surface area contributed by atoms with E-state index in [4.69, 9.17) is 5.73 Å². The van der Waals surface area contributed by atoms with E-state index in [1.807, 2.05) is 0 Å². The molecule has 0 bridgehead atoms. The summed E-state index contributed by atoms with van der Waals surface area (Å²) in [7, 11) is 0. The molecular formula is C11H18N4O. The third kappa shape index (κ3) is 2.03. The smallest absolute Gasteiger partial charge is 0.276 e. The Balaban J connectivity index is 2.21. The SMILES string of the molecule is CC1(C)CCN(c2nc[nH]c(=O)c2N)CC1. The third-order valence-corrected chi connectivity index (χ3v) is 3.28. The summed E-state index contributed by atoms with van der Waals surface area (Å²) in [6.45, 7) is 6.35. The van der Waals surface area contributed by atoms with Crippen LogP contribution in [0.3, 0.4) is 0 Å². The lowest BCUT2D eigenvalue weighted by molar-refractivity contribution is 0.279. The van der Waals surface area contributed by atoms with Gasteiger partial charge in [0, 0.05) is 13.1 Å². The zero-order valence-corrected chi connectivity index (χ0v) is 9.79. The van der Waals surface area contributed by atoms with Crippen molar-refractivity contribution in [3.63, 3.8) is 0 Å². The summed E-state index contributed by atoms with van der Waals surface area (Å²) in [6.07, 6.45) is 3.61. The lowest BCUT2D eigenvalue weighted by atomic mass is 9.83. The Morgan fingerprint density at radius 3 is 2.69 bits per heavy atom. The number of aromatic nitrogens is 2. The van der Waals surface area contributed by atoms with E-state index in [1.54, 1.807) is 0 Å². The fraction of sp³-hybridized carbons (Fsp3) is 0.636. The fourth-order valence-corrected chi connectivity index (χ4v) is 1.98. The van der Waals surface area contributed by atoms with Crippen molar-refractivity contribution in [3.8, 4) is 0 Å². The van der Waals surface area contributed by atoms with Gasteiger partial charge in [0.15, 0.2) is 5.82 Å². The number of nitrogens with one attached hydrogen (secondary N) is 1. The molecule has 0 atom stereocenters. The monoisotopic (exact) mass is 222 g/mol. The van der Waals surface area contributed by atoms with Crippen molar-refractivity contribution in [2.24, 2.45) is 5.41 Å². The molecule has 1 aromatic rings. The fourth-order valence-electron chi connectivity index (χ4n) is 1.98. The van der Waals surface area contributed by atoms with Crippen LogP contribution in [0.5, 0.6) is 0 Å². The molecule has 16 heavy (non-hydrogen) atoms. The standard InChI is InChI=1S/C11H18N4O/c1-11(2)3-5-15(6-4-11)9-8(12)10(16)14-7-13-9/h7H,3-6,12H2,1-2H3,(H,13,14,16). The minimum absolute atomic E-state index is 0.224. The predicted octanol–water partition coefficient (Wildman–Crippen LogP) is 0.978. The largest absolute Gasteiger partial charge is 0.391 e. The van der Waals surface area contributed by atoms with Crippen molar-refractivity contribution in [2.45, 2.75) is 26.7 Å². The minimum atomic E-state index is -0.255. The molecule has 1 fully saturated rings. The van der Waals surface area contributed by atoms with Gasteiger partial charge in [-0.05, 0) is 18.3 Å². The molecule has 5 heteroatoms. The Kier molecular flexibility index (Phi) is 2.61. The normalized spacial score (nSPS) is 19.8. The Bertz CT molecular complexity index is 428. The molecule has 0 saturated carbocycles. The number of anilines is 2. The summed E-state index contributed by atoms with van der Waals surface area (Å²) < 4.78 is 0. The summed E-state index contributed by atoms with van der Waals surface area (Å²) in [4.78, 5) is 20.1. The summed E-state index contributed by atoms with van der Waals surface area (Å²) in [5.41, 5.74) is 6.08. The topological polar surface area (TPSA) is 75.0 Å². The first-order valence-corrected chi connectivity index (χ1v) is 5.58. The van der Waals surface area contributed by atoms with Crippen molar-refractivity contribution >= 4 is 11.5 Å². The summed E-state index contributed by atoms with van der Waals surface area (Å²) in [6, 6.07) is 0. The highest BCUT2D eigenvalue weighted by atomic mass is 16.1. The molecule has 88 valence electrons. The quantitative estimate of drug-likeness (QED) is 0.742. The summed E-state index contributed by atoms with van der Waals surface area (Å²) in [5, 5.41) is 0. The average molecular weight is 222 g/mol. The average Bonchev–Trinajstić information content (AvgIpc) is 2.23. The number of H-pyrrole nitrogens is 1. The van der Waals surface area contributed by atoms with Crippen LogP contribution in [0.2, 0.25) is 0 Å². The molecule has 0 spiro atoms. The highest BCUT2D eigenvalue weighted by molar-refractivity contribution is 5.60. The van der Waals surface area contributed by atoms with Crippen LogP contribution in [0.15, 0.2) is 11.1 Å². The van der Waals surface area contributed by atoms with Crippen molar-refractivity contribution in [3.05, 3.63) is 16.7 Å². The highest BCUT2D eigenvalue weighted by Crippen LogP contribution is 2.32. The number of nitrogens with two attached hydrogens (primary N) is 1. The zero-order valence-electron chi connectivity index (χ0n) is 9.79. The van der Waals surface area contributed by atoms with E-state index >= 15 is 0 Å². The number of piperidine rings is 1. The second-order valence-electron chi connectivity index (χ2n) is 5.12.